The van der Waals surface area contributed by atoms with E-state index in [2.05, 4.69) is 48.1 Å². The fraction of sp³-hybridized carbons (Fsp3) is 0.750. The van der Waals surface area contributed by atoms with E-state index in [0.717, 1.165) is 71.5 Å². The van der Waals surface area contributed by atoms with Crippen molar-refractivity contribution in [2.45, 2.75) is 26.3 Å². The summed E-state index contributed by atoms with van der Waals surface area (Å²) >= 11 is 1.89. The fourth-order valence-electron chi connectivity index (χ4n) is 3.75. The van der Waals surface area contributed by atoms with Crippen molar-refractivity contribution < 1.29 is 9.47 Å². The lowest BCUT2D eigenvalue weighted by atomic mass is 10.1. The van der Waals surface area contributed by atoms with E-state index in [1.807, 2.05) is 11.3 Å². The van der Waals surface area contributed by atoms with Gasteiger partial charge in [0.15, 0.2) is 5.96 Å². The second kappa shape index (κ2) is 10.4. The van der Waals surface area contributed by atoms with Gasteiger partial charge in [-0.15, -0.1) is 11.3 Å². The molecular weight excluding hydrogens is 360 g/mol. The third-order valence-electron chi connectivity index (χ3n) is 5.24. The molecule has 3 rings (SSSR count). The number of hydrogen-bond acceptors (Lipinski definition) is 5. The van der Waals surface area contributed by atoms with Gasteiger partial charge < -0.3 is 19.7 Å². The Morgan fingerprint density at radius 3 is 2.78 bits per heavy atom. The molecule has 152 valence electrons. The fourth-order valence-corrected chi connectivity index (χ4v) is 4.75. The molecule has 1 aromatic heterocycles. The molecule has 1 N–H and O–H groups in total. The molecule has 27 heavy (non-hydrogen) atoms. The van der Waals surface area contributed by atoms with Crippen LogP contribution in [0.1, 0.15) is 29.1 Å². The third kappa shape index (κ3) is 5.91. The Labute approximate surface area is 167 Å². The van der Waals surface area contributed by atoms with Gasteiger partial charge in [0.05, 0.1) is 32.4 Å². The summed E-state index contributed by atoms with van der Waals surface area (Å²) in [5, 5.41) is 3.47. The van der Waals surface area contributed by atoms with Crippen LogP contribution in [-0.2, 0) is 9.47 Å². The Bertz CT molecular complexity index is 595. The number of nitrogens with one attached hydrogen (secondary N) is 1. The third-order valence-corrected chi connectivity index (χ3v) is 6.34. The minimum absolute atomic E-state index is 0.324. The van der Waals surface area contributed by atoms with Crippen molar-refractivity contribution in [1.29, 1.82) is 0 Å². The average Bonchev–Trinajstić information content (AvgIpc) is 3.34. The van der Waals surface area contributed by atoms with Gasteiger partial charge in [-0.3, -0.25) is 9.89 Å². The molecule has 2 saturated heterocycles. The topological polar surface area (TPSA) is 49.3 Å². The standard InChI is InChI=1S/C20H34N4O2S/c1-4-21-20(23(3)14-17-7-10-26-15-17)22-13-18(19-6-5-16(2)27-19)24-8-11-25-12-9-24/h5-6,17-18H,4,7-15H2,1-3H3,(H,21,22). The zero-order valence-electron chi connectivity index (χ0n) is 16.9. The molecule has 2 atom stereocenters. The number of rotatable bonds is 7. The SMILES string of the molecule is CCNC(=NCC(c1ccc(C)s1)N1CCOCC1)N(C)CC1CCOC1. The highest BCUT2D eigenvalue weighted by Crippen LogP contribution is 2.28. The Hall–Kier alpha value is -1.15. The van der Waals surface area contributed by atoms with Gasteiger partial charge in [0.25, 0.3) is 0 Å². The van der Waals surface area contributed by atoms with Crippen LogP contribution in [0, 0.1) is 12.8 Å². The van der Waals surface area contributed by atoms with E-state index in [-0.39, 0.29) is 0 Å². The van der Waals surface area contributed by atoms with Crippen molar-refractivity contribution in [2.24, 2.45) is 10.9 Å². The summed E-state index contributed by atoms with van der Waals surface area (Å²) in [6.07, 6.45) is 1.15. The first-order valence-electron chi connectivity index (χ1n) is 10.1. The zero-order chi connectivity index (χ0) is 19.1. The summed E-state index contributed by atoms with van der Waals surface area (Å²) in [7, 11) is 2.14. The Kier molecular flexibility index (Phi) is 7.93. The molecule has 0 saturated carbocycles. The Balaban J connectivity index is 1.70. The summed E-state index contributed by atoms with van der Waals surface area (Å²) in [6.45, 7) is 12.3. The average molecular weight is 395 g/mol. The molecule has 0 bridgehead atoms. The largest absolute Gasteiger partial charge is 0.381 e. The van der Waals surface area contributed by atoms with E-state index in [1.165, 1.54) is 9.75 Å². The minimum Gasteiger partial charge on any atom is -0.381 e. The minimum atomic E-state index is 0.324. The van der Waals surface area contributed by atoms with E-state index in [0.29, 0.717) is 12.0 Å². The highest BCUT2D eigenvalue weighted by molar-refractivity contribution is 7.12. The van der Waals surface area contributed by atoms with Crippen LogP contribution in [0.2, 0.25) is 0 Å². The van der Waals surface area contributed by atoms with Gasteiger partial charge in [-0.25, -0.2) is 0 Å². The highest BCUT2D eigenvalue weighted by atomic mass is 32.1. The predicted molar refractivity (Wildman–Crippen MR) is 112 cm³/mol. The van der Waals surface area contributed by atoms with Gasteiger partial charge in [0, 0.05) is 55.5 Å². The van der Waals surface area contributed by atoms with Crippen molar-refractivity contribution >= 4 is 17.3 Å². The number of aryl methyl sites for hydroxylation is 1. The molecule has 1 aromatic rings. The van der Waals surface area contributed by atoms with Crippen LogP contribution >= 0.6 is 11.3 Å². The molecule has 6 nitrogen and oxygen atoms in total. The first kappa shape index (κ1) is 20.6. The van der Waals surface area contributed by atoms with E-state index in [9.17, 15) is 0 Å². The second-order valence-corrected chi connectivity index (χ2v) is 8.74. The molecule has 0 amide bonds. The molecule has 2 unspecified atom stereocenters. The molecule has 3 heterocycles. The van der Waals surface area contributed by atoms with Crippen molar-refractivity contribution in [2.75, 3.05) is 66.2 Å². The number of nitrogens with zero attached hydrogens (tertiary/aromatic N) is 3. The van der Waals surface area contributed by atoms with Gasteiger partial charge in [-0.05, 0) is 32.4 Å². The quantitative estimate of drug-likeness (QED) is 0.568. The monoisotopic (exact) mass is 394 g/mol. The van der Waals surface area contributed by atoms with Gasteiger partial charge >= 0.3 is 0 Å². The highest BCUT2D eigenvalue weighted by Gasteiger charge is 2.24. The van der Waals surface area contributed by atoms with Crippen molar-refractivity contribution in [3.8, 4) is 0 Å². The van der Waals surface area contributed by atoms with Crippen LogP contribution in [0.4, 0.5) is 0 Å². The normalized spacial score (nSPS) is 22.8. The van der Waals surface area contributed by atoms with Crippen LogP contribution in [0.3, 0.4) is 0 Å². The Morgan fingerprint density at radius 1 is 1.33 bits per heavy atom. The zero-order valence-corrected chi connectivity index (χ0v) is 17.8. The number of morpholine rings is 1. The summed E-state index contributed by atoms with van der Waals surface area (Å²) < 4.78 is 11.1. The maximum Gasteiger partial charge on any atom is 0.193 e. The number of ether oxygens (including phenoxy) is 2. The first-order valence-corrected chi connectivity index (χ1v) is 10.9. The molecule has 2 aliphatic rings. The Morgan fingerprint density at radius 2 is 2.15 bits per heavy atom. The van der Waals surface area contributed by atoms with E-state index in [1.54, 1.807) is 0 Å². The van der Waals surface area contributed by atoms with Gasteiger partial charge in [-0.2, -0.15) is 0 Å². The predicted octanol–water partition coefficient (Wildman–Crippen LogP) is 2.36. The van der Waals surface area contributed by atoms with Crippen LogP contribution in [-0.4, -0.2) is 82.0 Å². The molecule has 2 aliphatic heterocycles. The van der Waals surface area contributed by atoms with Crippen molar-refractivity contribution in [3.05, 3.63) is 21.9 Å². The summed E-state index contributed by atoms with van der Waals surface area (Å²) in [5.74, 6) is 1.60. The molecule has 0 spiro atoms. The smallest absolute Gasteiger partial charge is 0.193 e. The van der Waals surface area contributed by atoms with Gasteiger partial charge in [0.2, 0.25) is 0 Å². The van der Waals surface area contributed by atoms with Crippen molar-refractivity contribution in [1.82, 2.24) is 15.1 Å². The summed E-state index contributed by atoms with van der Waals surface area (Å²) in [5.41, 5.74) is 0. The molecule has 0 aromatic carbocycles. The molecule has 2 fully saturated rings. The van der Waals surface area contributed by atoms with Gasteiger partial charge in [-0.1, -0.05) is 0 Å². The summed E-state index contributed by atoms with van der Waals surface area (Å²) in [4.78, 5) is 12.6. The molecule has 7 heteroatoms. The van der Waals surface area contributed by atoms with E-state index >= 15 is 0 Å². The second-order valence-electron chi connectivity index (χ2n) is 7.42. The maximum absolute atomic E-state index is 5.56. The maximum atomic E-state index is 5.56. The number of guanidine groups is 1. The first-order chi connectivity index (χ1) is 13.2. The lowest BCUT2D eigenvalue weighted by Crippen LogP contribution is -2.43. The van der Waals surface area contributed by atoms with Gasteiger partial charge in [0.1, 0.15) is 0 Å². The van der Waals surface area contributed by atoms with Crippen molar-refractivity contribution in [3.63, 3.8) is 0 Å². The van der Waals surface area contributed by atoms with E-state index in [4.69, 9.17) is 14.5 Å². The molecular formula is C20H34N4O2S. The number of hydrogen-bond donors (Lipinski definition) is 1. The van der Waals surface area contributed by atoms with Crippen LogP contribution in [0.15, 0.2) is 17.1 Å². The lowest BCUT2D eigenvalue weighted by Gasteiger charge is -2.33. The molecule has 0 aliphatic carbocycles. The van der Waals surface area contributed by atoms with E-state index < -0.39 is 0 Å². The van der Waals surface area contributed by atoms with Crippen LogP contribution in [0.25, 0.3) is 0 Å². The van der Waals surface area contributed by atoms with Crippen LogP contribution in [0.5, 0.6) is 0 Å². The number of thiophene rings is 1. The van der Waals surface area contributed by atoms with Crippen LogP contribution < -0.4 is 5.32 Å². The number of aliphatic imine (C=N–C) groups is 1. The lowest BCUT2D eigenvalue weighted by molar-refractivity contribution is 0.0186. The summed E-state index contributed by atoms with van der Waals surface area (Å²) in [6, 6.07) is 4.81. The molecule has 0 radical (unpaired) electrons.